The van der Waals surface area contributed by atoms with Crippen LogP contribution in [-0.2, 0) is 21.1 Å². The Bertz CT molecular complexity index is 989. The van der Waals surface area contributed by atoms with Crippen LogP contribution in [0, 0.1) is 0 Å². The number of fused-ring (bicyclic) bond motifs is 1. The maximum Gasteiger partial charge on any atom is 0.307 e. The molecule has 0 saturated carbocycles. The van der Waals surface area contributed by atoms with Crippen LogP contribution in [0.25, 0.3) is 11.0 Å². The number of nitrogens with one attached hydrogen (secondary N) is 1. The second kappa shape index (κ2) is 14.6. The maximum absolute atomic E-state index is 12.2. The molecule has 0 aliphatic carbocycles. The highest BCUT2D eigenvalue weighted by molar-refractivity contribution is 5.88. The third-order valence-electron chi connectivity index (χ3n) is 7.09. The summed E-state index contributed by atoms with van der Waals surface area (Å²) in [4.78, 5) is 35.1. The SMILES string of the molecule is C=CC(=O)N1C[C@H](Nc2ncnc3c2ccn3COC(=O)CCCCCCCCCCC)CC[C@@H]1C. The van der Waals surface area contributed by atoms with E-state index in [0.717, 1.165) is 36.9 Å². The van der Waals surface area contributed by atoms with Crippen molar-refractivity contribution < 1.29 is 14.3 Å². The molecule has 8 heteroatoms. The molecule has 0 bridgehead atoms. The Morgan fingerprint density at radius 2 is 1.83 bits per heavy atom. The summed E-state index contributed by atoms with van der Waals surface area (Å²) >= 11 is 0. The number of rotatable bonds is 15. The first-order chi connectivity index (χ1) is 17.5. The van der Waals surface area contributed by atoms with Gasteiger partial charge in [0.05, 0.1) is 5.39 Å². The monoisotopic (exact) mass is 497 g/mol. The lowest BCUT2D eigenvalue weighted by Crippen LogP contribution is -2.49. The van der Waals surface area contributed by atoms with Gasteiger partial charge in [0, 0.05) is 31.2 Å². The molecule has 1 aliphatic rings. The van der Waals surface area contributed by atoms with E-state index in [9.17, 15) is 9.59 Å². The van der Waals surface area contributed by atoms with Gasteiger partial charge in [-0.15, -0.1) is 0 Å². The Morgan fingerprint density at radius 3 is 2.56 bits per heavy atom. The molecule has 1 aliphatic heterocycles. The lowest BCUT2D eigenvalue weighted by atomic mass is 9.99. The van der Waals surface area contributed by atoms with Gasteiger partial charge in [-0.1, -0.05) is 64.9 Å². The Morgan fingerprint density at radius 1 is 1.11 bits per heavy atom. The number of hydrogen-bond donors (Lipinski definition) is 1. The summed E-state index contributed by atoms with van der Waals surface area (Å²) in [6, 6.07) is 2.23. The third-order valence-corrected chi connectivity index (χ3v) is 7.09. The van der Waals surface area contributed by atoms with E-state index in [1.807, 2.05) is 21.7 Å². The number of nitrogens with zero attached hydrogens (tertiary/aromatic N) is 4. The molecular weight excluding hydrogens is 454 g/mol. The first-order valence-electron chi connectivity index (χ1n) is 13.7. The topological polar surface area (TPSA) is 89.3 Å². The fraction of sp³-hybridized carbons (Fsp3) is 0.643. The normalized spacial score (nSPS) is 17.8. The van der Waals surface area contributed by atoms with E-state index in [1.165, 1.54) is 57.3 Å². The van der Waals surface area contributed by atoms with Crippen LogP contribution in [0.1, 0.15) is 90.9 Å². The van der Waals surface area contributed by atoms with Crippen LogP contribution in [0.5, 0.6) is 0 Å². The molecule has 198 valence electrons. The summed E-state index contributed by atoms with van der Waals surface area (Å²) < 4.78 is 7.34. The number of piperidine rings is 1. The molecule has 3 heterocycles. The van der Waals surface area contributed by atoms with Crippen LogP contribution in [0.15, 0.2) is 31.2 Å². The Hall–Kier alpha value is -2.90. The molecule has 36 heavy (non-hydrogen) atoms. The van der Waals surface area contributed by atoms with Gasteiger partial charge >= 0.3 is 5.97 Å². The highest BCUT2D eigenvalue weighted by Gasteiger charge is 2.28. The van der Waals surface area contributed by atoms with E-state index < -0.39 is 0 Å². The van der Waals surface area contributed by atoms with Gasteiger partial charge in [-0.2, -0.15) is 0 Å². The zero-order chi connectivity index (χ0) is 25.8. The quantitative estimate of drug-likeness (QED) is 0.189. The largest absolute Gasteiger partial charge is 0.444 e. The fourth-order valence-corrected chi connectivity index (χ4v) is 4.86. The predicted molar refractivity (Wildman–Crippen MR) is 143 cm³/mol. The third kappa shape index (κ3) is 8.07. The van der Waals surface area contributed by atoms with E-state index in [0.29, 0.717) is 18.6 Å². The van der Waals surface area contributed by atoms with Crippen molar-refractivity contribution in [2.24, 2.45) is 0 Å². The van der Waals surface area contributed by atoms with Gasteiger partial charge in [-0.05, 0) is 38.3 Å². The molecule has 0 unspecified atom stereocenters. The molecule has 1 saturated heterocycles. The van der Waals surface area contributed by atoms with Crippen LogP contribution in [0.2, 0.25) is 0 Å². The van der Waals surface area contributed by atoms with Gasteiger partial charge in [0.1, 0.15) is 17.8 Å². The minimum atomic E-state index is -0.171. The number of amides is 1. The molecule has 2 aromatic heterocycles. The standard InChI is InChI=1S/C28H43N5O3/c1-4-6-7-8-9-10-11-12-13-14-26(35)36-21-32-18-17-24-27(29-20-30-28(24)32)31-23-16-15-22(3)33(19-23)25(34)5-2/h5,17-18,20,22-23H,2,4,6-16,19,21H2,1,3H3,(H,29,30,31)/t22-,23+/m0/s1. The number of carbonyl (C=O) groups is 2. The number of esters is 1. The van der Waals surface area contributed by atoms with Crippen molar-refractivity contribution in [3.05, 3.63) is 31.2 Å². The molecule has 1 fully saturated rings. The number of hydrogen-bond acceptors (Lipinski definition) is 6. The fourth-order valence-electron chi connectivity index (χ4n) is 4.86. The van der Waals surface area contributed by atoms with Crippen molar-refractivity contribution >= 4 is 28.7 Å². The van der Waals surface area contributed by atoms with Crippen molar-refractivity contribution in [3.63, 3.8) is 0 Å². The van der Waals surface area contributed by atoms with Crippen molar-refractivity contribution in [1.29, 1.82) is 0 Å². The molecular formula is C28H43N5O3. The van der Waals surface area contributed by atoms with Crippen LogP contribution in [-0.4, -0.2) is 49.9 Å². The Kier molecular flexibility index (Phi) is 11.2. The van der Waals surface area contributed by atoms with Gasteiger partial charge in [-0.3, -0.25) is 14.2 Å². The number of likely N-dealkylation sites (tertiary alicyclic amines) is 1. The summed E-state index contributed by atoms with van der Waals surface area (Å²) in [5, 5.41) is 4.36. The second-order valence-electron chi connectivity index (χ2n) is 9.93. The summed E-state index contributed by atoms with van der Waals surface area (Å²) in [6.07, 6.45) is 18.1. The van der Waals surface area contributed by atoms with Crippen LogP contribution in [0.4, 0.5) is 5.82 Å². The molecule has 3 rings (SSSR count). The maximum atomic E-state index is 12.2. The summed E-state index contributed by atoms with van der Waals surface area (Å²) in [6.45, 7) is 8.67. The van der Waals surface area contributed by atoms with Crippen molar-refractivity contribution in [3.8, 4) is 0 Å². The number of carbonyl (C=O) groups excluding carboxylic acids is 2. The highest BCUT2D eigenvalue weighted by atomic mass is 16.5. The van der Waals surface area contributed by atoms with Gasteiger partial charge < -0.3 is 15.0 Å². The first-order valence-corrected chi connectivity index (χ1v) is 13.7. The number of unbranched alkanes of at least 4 members (excludes halogenated alkanes) is 8. The van der Waals surface area contributed by atoms with Crippen molar-refractivity contribution in [2.75, 3.05) is 11.9 Å². The lowest BCUT2D eigenvalue weighted by Gasteiger charge is -2.38. The average molecular weight is 498 g/mol. The predicted octanol–water partition coefficient (Wildman–Crippen LogP) is 5.83. The van der Waals surface area contributed by atoms with Gasteiger partial charge in [-0.25, -0.2) is 9.97 Å². The van der Waals surface area contributed by atoms with Gasteiger partial charge in [0.25, 0.3) is 0 Å². The van der Waals surface area contributed by atoms with E-state index in [2.05, 4.69) is 35.7 Å². The summed E-state index contributed by atoms with van der Waals surface area (Å²) in [7, 11) is 0. The summed E-state index contributed by atoms with van der Waals surface area (Å²) in [5.74, 6) is 0.512. The zero-order valence-corrected chi connectivity index (χ0v) is 22.1. The van der Waals surface area contributed by atoms with E-state index >= 15 is 0 Å². The van der Waals surface area contributed by atoms with Crippen LogP contribution >= 0.6 is 0 Å². The molecule has 0 spiro atoms. The molecule has 2 atom stereocenters. The zero-order valence-electron chi connectivity index (χ0n) is 22.1. The molecule has 2 aromatic rings. The van der Waals surface area contributed by atoms with E-state index in [-0.39, 0.29) is 30.7 Å². The van der Waals surface area contributed by atoms with Crippen molar-refractivity contribution in [1.82, 2.24) is 19.4 Å². The second-order valence-corrected chi connectivity index (χ2v) is 9.93. The number of ether oxygens (including phenoxy) is 1. The average Bonchev–Trinajstić information content (AvgIpc) is 3.31. The number of aromatic nitrogens is 3. The van der Waals surface area contributed by atoms with Crippen LogP contribution < -0.4 is 5.32 Å². The minimum Gasteiger partial charge on any atom is -0.444 e. The molecule has 0 aromatic carbocycles. The lowest BCUT2D eigenvalue weighted by molar-refractivity contribution is -0.147. The first kappa shape index (κ1) is 27.7. The van der Waals surface area contributed by atoms with E-state index in [1.54, 1.807) is 0 Å². The molecule has 8 nitrogen and oxygen atoms in total. The Labute approximate surface area is 215 Å². The van der Waals surface area contributed by atoms with Gasteiger partial charge in [0.15, 0.2) is 6.73 Å². The van der Waals surface area contributed by atoms with Crippen LogP contribution in [0.3, 0.4) is 0 Å². The minimum absolute atomic E-state index is 0.0442. The van der Waals surface area contributed by atoms with Crippen molar-refractivity contribution in [2.45, 2.75) is 110 Å². The number of anilines is 1. The summed E-state index contributed by atoms with van der Waals surface area (Å²) in [5.41, 5.74) is 0.714. The molecule has 1 amide bonds. The van der Waals surface area contributed by atoms with E-state index in [4.69, 9.17) is 4.74 Å². The Balaban J connectivity index is 1.44. The highest BCUT2D eigenvalue weighted by Crippen LogP contribution is 2.25. The smallest absolute Gasteiger partial charge is 0.307 e. The molecule has 0 radical (unpaired) electrons. The van der Waals surface area contributed by atoms with Gasteiger partial charge in [0.2, 0.25) is 5.91 Å². The molecule has 1 N–H and O–H groups in total.